The first-order valence-corrected chi connectivity index (χ1v) is 5.80. The average Bonchev–Trinajstić information content (AvgIpc) is 2.20. The summed E-state index contributed by atoms with van der Waals surface area (Å²) >= 11 is 0. The van der Waals surface area contributed by atoms with Crippen LogP contribution in [-0.2, 0) is 0 Å². The van der Waals surface area contributed by atoms with Crippen molar-refractivity contribution in [3.8, 4) is 5.88 Å². The highest BCUT2D eigenvalue weighted by Crippen LogP contribution is 2.30. The van der Waals surface area contributed by atoms with Gasteiger partial charge in [-0.2, -0.15) is 0 Å². The van der Waals surface area contributed by atoms with Crippen LogP contribution in [0.4, 0.5) is 0 Å². The maximum Gasteiger partial charge on any atom is 0.232 e. The molecule has 1 fully saturated rings. The second-order valence-electron chi connectivity index (χ2n) is 4.51. The van der Waals surface area contributed by atoms with Crippen LogP contribution in [0.3, 0.4) is 0 Å². The van der Waals surface area contributed by atoms with Gasteiger partial charge in [-0.3, -0.25) is 4.98 Å². The Labute approximate surface area is 96.4 Å². The van der Waals surface area contributed by atoms with E-state index in [1.54, 1.807) is 6.20 Å². The summed E-state index contributed by atoms with van der Waals surface area (Å²) in [5.41, 5.74) is 1.91. The highest BCUT2D eigenvalue weighted by molar-refractivity contribution is 5.14. The van der Waals surface area contributed by atoms with E-state index in [0.717, 1.165) is 36.7 Å². The second-order valence-corrected chi connectivity index (χ2v) is 4.51. The van der Waals surface area contributed by atoms with Gasteiger partial charge in [0.15, 0.2) is 0 Å². The highest BCUT2D eigenvalue weighted by atomic mass is 16.5. The number of hydrogen-bond acceptors (Lipinski definition) is 4. The summed E-state index contributed by atoms with van der Waals surface area (Å²) in [6, 6.07) is 0. The van der Waals surface area contributed by atoms with Crippen LogP contribution >= 0.6 is 0 Å². The third kappa shape index (κ3) is 2.50. The van der Waals surface area contributed by atoms with Gasteiger partial charge in [0.2, 0.25) is 5.88 Å². The number of ether oxygens (including phenoxy) is 1. The fourth-order valence-corrected chi connectivity index (χ4v) is 1.97. The molecule has 2 rings (SSSR count). The molecule has 1 aromatic heterocycles. The minimum atomic E-state index is 0.328. The molecule has 4 heteroatoms. The van der Waals surface area contributed by atoms with Gasteiger partial charge in [-0.05, 0) is 46.2 Å². The highest BCUT2D eigenvalue weighted by Gasteiger charge is 2.30. The summed E-state index contributed by atoms with van der Waals surface area (Å²) in [7, 11) is 1.99. The van der Waals surface area contributed by atoms with E-state index in [4.69, 9.17) is 4.74 Å². The van der Waals surface area contributed by atoms with Crippen LogP contribution < -0.4 is 10.1 Å². The minimum Gasteiger partial charge on any atom is -0.473 e. The number of nitrogens with zero attached hydrogens (tertiary/aromatic N) is 2. The Kier molecular flexibility index (Phi) is 3.39. The fraction of sp³-hybridized carbons (Fsp3) is 0.667. The molecular weight excluding hydrogens is 202 g/mol. The summed E-state index contributed by atoms with van der Waals surface area (Å²) in [6.07, 6.45) is 4.29. The Morgan fingerprint density at radius 1 is 1.38 bits per heavy atom. The molecule has 0 spiro atoms. The molecule has 0 radical (unpaired) electrons. The van der Waals surface area contributed by atoms with E-state index in [0.29, 0.717) is 12.0 Å². The Hall–Kier alpha value is -1.16. The van der Waals surface area contributed by atoms with Gasteiger partial charge >= 0.3 is 0 Å². The van der Waals surface area contributed by atoms with Gasteiger partial charge in [-0.15, -0.1) is 0 Å². The molecule has 1 saturated carbocycles. The van der Waals surface area contributed by atoms with E-state index in [9.17, 15) is 0 Å². The molecule has 0 aromatic carbocycles. The summed E-state index contributed by atoms with van der Waals surface area (Å²) in [5, 5.41) is 3.19. The lowest BCUT2D eigenvalue weighted by atomic mass is 9.82. The van der Waals surface area contributed by atoms with Crippen molar-refractivity contribution in [2.24, 2.45) is 5.92 Å². The molecule has 16 heavy (non-hydrogen) atoms. The van der Waals surface area contributed by atoms with Gasteiger partial charge in [0.05, 0.1) is 17.6 Å². The Bertz CT molecular complexity index is 361. The zero-order chi connectivity index (χ0) is 11.5. The molecular formula is C12H19N3O. The van der Waals surface area contributed by atoms with Crippen LogP contribution in [-0.4, -0.2) is 29.7 Å². The summed E-state index contributed by atoms with van der Waals surface area (Å²) in [4.78, 5) is 8.61. The lowest BCUT2D eigenvalue weighted by Crippen LogP contribution is -2.38. The van der Waals surface area contributed by atoms with Crippen molar-refractivity contribution in [3.63, 3.8) is 0 Å². The number of rotatable bonds is 4. The van der Waals surface area contributed by atoms with Crippen molar-refractivity contribution in [3.05, 3.63) is 17.6 Å². The van der Waals surface area contributed by atoms with E-state index in [1.165, 1.54) is 0 Å². The van der Waals surface area contributed by atoms with E-state index in [-0.39, 0.29) is 0 Å². The van der Waals surface area contributed by atoms with Crippen molar-refractivity contribution in [2.45, 2.75) is 32.8 Å². The molecule has 1 aromatic rings. The normalized spacial score (nSPS) is 23.9. The molecule has 0 amide bonds. The molecule has 4 nitrogen and oxygen atoms in total. The number of aryl methyl sites for hydroxylation is 2. The molecule has 0 unspecified atom stereocenters. The summed E-state index contributed by atoms with van der Waals surface area (Å²) < 4.78 is 5.76. The molecule has 1 aliphatic rings. The van der Waals surface area contributed by atoms with Crippen LogP contribution in [0, 0.1) is 19.8 Å². The van der Waals surface area contributed by atoms with E-state index < -0.39 is 0 Å². The van der Waals surface area contributed by atoms with Gasteiger partial charge in [0, 0.05) is 0 Å². The van der Waals surface area contributed by atoms with Gasteiger partial charge < -0.3 is 10.1 Å². The second kappa shape index (κ2) is 4.78. The molecule has 1 aliphatic carbocycles. The predicted molar refractivity (Wildman–Crippen MR) is 62.6 cm³/mol. The minimum absolute atomic E-state index is 0.328. The molecule has 0 aliphatic heterocycles. The first-order valence-electron chi connectivity index (χ1n) is 5.80. The van der Waals surface area contributed by atoms with E-state index in [1.807, 2.05) is 20.9 Å². The van der Waals surface area contributed by atoms with Crippen molar-refractivity contribution >= 4 is 0 Å². The SMILES string of the molecule is CNCC1CC(Oc2cnc(C)c(C)n2)C1. The summed E-state index contributed by atoms with van der Waals surface area (Å²) in [6.45, 7) is 5.00. The fourth-order valence-electron chi connectivity index (χ4n) is 1.97. The Morgan fingerprint density at radius 3 is 2.75 bits per heavy atom. The van der Waals surface area contributed by atoms with Crippen molar-refractivity contribution < 1.29 is 4.74 Å². The Balaban J connectivity index is 1.84. The van der Waals surface area contributed by atoms with E-state index in [2.05, 4.69) is 15.3 Å². The van der Waals surface area contributed by atoms with Gasteiger partial charge in [0.25, 0.3) is 0 Å². The third-order valence-corrected chi connectivity index (χ3v) is 3.14. The van der Waals surface area contributed by atoms with Crippen LogP contribution in [0.25, 0.3) is 0 Å². The molecule has 0 atom stereocenters. The molecule has 1 heterocycles. The maximum atomic E-state index is 5.76. The molecule has 1 N–H and O–H groups in total. The smallest absolute Gasteiger partial charge is 0.232 e. The topological polar surface area (TPSA) is 47.0 Å². The van der Waals surface area contributed by atoms with Gasteiger partial charge in [-0.1, -0.05) is 0 Å². The van der Waals surface area contributed by atoms with Crippen LogP contribution in [0.5, 0.6) is 5.88 Å². The molecule has 0 saturated heterocycles. The van der Waals surface area contributed by atoms with Gasteiger partial charge in [0.1, 0.15) is 6.10 Å². The molecule has 88 valence electrons. The van der Waals surface area contributed by atoms with Crippen molar-refractivity contribution in [1.29, 1.82) is 0 Å². The first-order chi connectivity index (χ1) is 7.69. The van der Waals surface area contributed by atoms with Crippen LogP contribution in [0.1, 0.15) is 24.2 Å². The quantitative estimate of drug-likeness (QED) is 0.836. The maximum absolute atomic E-state index is 5.76. The standard InChI is InChI=1S/C12H19N3O/c1-8-9(2)15-12(7-14-8)16-11-4-10(5-11)6-13-3/h7,10-11,13H,4-6H2,1-3H3. The van der Waals surface area contributed by atoms with Gasteiger partial charge in [-0.25, -0.2) is 4.98 Å². The van der Waals surface area contributed by atoms with Crippen molar-refractivity contribution in [1.82, 2.24) is 15.3 Å². The lowest BCUT2D eigenvalue weighted by Gasteiger charge is -2.34. The molecule has 0 bridgehead atoms. The predicted octanol–water partition coefficient (Wildman–Crippen LogP) is 1.47. The Morgan fingerprint density at radius 2 is 2.12 bits per heavy atom. The lowest BCUT2D eigenvalue weighted by molar-refractivity contribution is 0.0611. The zero-order valence-electron chi connectivity index (χ0n) is 10.2. The van der Waals surface area contributed by atoms with E-state index >= 15 is 0 Å². The number of aromatic nitrogens is 2. The number of nitrogens with one attached hydrogen (secondary N) is 1. The first kappa shape index (κ1) is 11.3. The number of hydrogen-bond donors (Lipinski definition) is 1. The average molecular weight is 221 g/mol. The van der Waals surface area contributed by atoms with Crippen molar-refractivity contribution in [2.75, 3.05) is 13.6 Å². The zero-order valence-corrected chi connectivity index (χ0v) is 10.2. The summed E-state index contributed by atoms with van der Waals surface area (Å²) in [5.74, 6) is 1.42. The monoisotopic (exact) mass is 221 g/mol. The largest absolute Gasteiger partial charge is 0.473 e. The van der Waals surface area contributed by atoms with Crippen LogP contribution in [0.15, 0.2) is 6.20 Å². The van der Waals surface area contributed by atoms with Crippen LogP contribution in [0.2, 0.25) is 0 Å². The third-order valence-electron chi connectivity index (χ3n) is 3.14.